The minimum Gasteiger partial charge on any atom is -0.365 e. The third-order valence-electron chi connectivity index (χ3n) is 5.24. The molecule has 1 aromatic rings. The molecule has 3 N–H and O–H groups in total. The second-order valence-electron chi connectivity index (χ2n) is 6.62. The Morgan fingerprint density at radius 1 is 1.24 bits per heavy atom. The quantitative estimate of drug-likeness (QED) is 0.840. The summed E-state index contributed by atoms with van der Waals surface area (Å²) in [6, 6.07) is 2.01. The predicted octanol–water partition coefficient (Wildman–Crippen LogP) is 0.715. The van der Waals surface area contributed by atoms with Gasteiger partial charge >= 0.3 is 0 Å². The van der Waals surface area contributed by atoms with Crippen LogP contribution in [0.3, 0.4) is 0 Å². The second kappa shape index (κ2) is 4.98. The topological polar surface area (TPSA) is 71.2 Å². The second-order valence-corrected chi connectivity index (χ2v) is 6.62. The molecule has 0 radical (unpaired) electrons. The van der Waals surface area contributed by atoms with Crippen molar-refractivity contribution in [2.24, 2.45) is 17.6 Å². The first-order valence-electron chi connectivity index (χ1n) is 8.00. The van der Waals surface area contributed by atoms with Crippen LogP contribution in [-0.2, 0) is 12.8 Å². The van der Waals surface area contributed by atoms with Crippen molar-refractivity contribution < 1.29 is 4.79 Å². The van der Waals surface area contributed by atoms with Gasteiger partial charge in [0.25, 0.3) is 5.91 Å². The normalized spacial score (nSPS) is 27.5. The van der Waals surface area contributed by atoms with Crippen molar-refractivity contribution in [2.75, 3.05) is 31.1 Å². The zero-order valence-electron chi connectivity index (χ0n) is 12.3. The van der Waals surface area contributed by atoms with Crippen molar-refractivity contribution in [3.05, 3.63) is 22.9 Å². The van der Waals surface area contributed by atoms with Crippen molar-refractivity contribution in [1.82, 2.24) is 10.3 Å². The summed E-state index contributed by atoms with van der Waals surface area (Å²) in [5, 5.41) is 3.44. The van der Waals surface area contributed by atoms with Gasteiger partial charge in [0.2, 0.25) is 0 Å². The first-order valence-corrected chi connectivity index (χ1v) is 8.00. The third kappa shape index (κ3) is 2.20. The maximum absolute atomic E-state index is 11.9. The van der Waals surface area contributed by atoms with E-state index in [0.717, 1.165) is 44.8 Å². The highest BCUT2D eigenvalue weighted by atomic mass is 16.1. The summed E-state index contributed by atoms with van der Waals surface area (Å²) in [5.41, 5.74) is 8.63. The lowest BCUT2D eigenvalue weighted by Gasteiger charge is -2.24. The Bertz CT molecular complexity index is 574. The Kier molecular flexibility index (Phi) is 3.10. The number of amides is 1. The van der Waals surface area contributed by atoms with Gasteiger partial charge in [0.15, 0.2) is 0 Å². The lowest BCUT2D eigenvalue weighted by atomic mass is 9.94. The number of aryl methyl sites for hydroxylation is 2. The standard InChI is InChI=1S/C16H22N4O/c17-15(21)13-5-10-3-1-2-4-14(10)19-16(13)20-8-11-6-18-7-12(11)9-20/h5,11-12,18H,1-4,6-9H2,(H2,17,21)/t11-,12+. The Hall–Kier alpha value is -1.62. The molecule has 5 heteroatoms. The van der Waals surface area contributed by atoms with Crippen LogP contribution >= 0.6 is 0 Å². The van der Waals surface area contributed by atoms with Gasteiger partial charge in [-0.3, -0.25) is 4.79 Å². The molecule has 2 fully saturated rings. The van der Waals surface area contributed by atoms with E-state index in [1.807, 2.05) is 6.07 Å². The molecule has 0 unspecified atom stereocenters. The summed E-state index contributed by atoms with van der Waals surface area (Å²) in [7, 11) is 0. The number of nitrogens with zero attached hydrogens (tertiary/aromatic N) is 2. The summed E-state index contributed by atoms with van der Waals surface area (Å²) in [5.74, 6) is 1.85. The number of hydrogen-bond acceptors (Lipinski definition) is 4. The lowest BCUT2D eigenvalue weighted by Crippen LogP contribution is -2.29. The molecule has 0 spiro atoms. The molecule has 1 aromatic heterocycles. The number of carbonyl (C=O) groups excluding carboxylic acids is 1. The number of anilines is 1. The van der Waals surface area contributed by atoms with Crippen LogP contribution in [0.4, 0.5) is 5.82 Å². The Labute approximate surface area is 124 Å². The summed E-state index contributed by atoms with van der Waals surface area (Å²) in [6.07, 6.45) is 4.44. The number of carbonyl (C=O) groups is 1. The summed E-state index contributed by atoms with van der Waals surface area (Å²) >= 11 is 0. The van der Waals surface area contributed by atoms with Crippen LogP contribution in [0.15, 0.2) is 6.07 Å². The fourth-order valence-electron chi connectivity index (χ4n) is 4.07. The number of nitrogens with one attached hydrogen (secondary N) is 1. The Morgan fingerprint density at radius 2 is 1.95 bits per heavy atom. The molecule has 1 amide bonds. The van der Waals surface area contributed by atoms with Crippen LogP contribution in [0.5, 0.6) is 0 Å². The van der Waals surface area contributed by atoms with Crippen molar-refractivity contribution in [2.45, 2.75) is 25.7 Å². The van der Waals surface area contributed by atoms with E-state index in [1.54, 1.807) is 0 Å². The number of fused-ring (bicyclic) bond motifs is 2. The lowest BCUT2D eigenvalue weighted by molar-refractivity contribution is 0.100. The molecule has 1 aliphatic carbocycles. The third-order valence-corrected chi connectivity index (χ3v) is 5.24. The van der Waals surface area contributed by atoms with Crippen LogP contribution in [0, 0.1) is 11.8 Å². The van der Waals surface area contributed by atoms with Crippen molar-refractivity contribution >= 4 is 11.7 Å². The molecule has 5 nitrogen and oxygen atoms in total. The molecule has 21 heavy (non-hydrogen) atoms. The number of primary amides is 1. The number of aromatic nitrogens is 1. The smallest absolute Gasteiger partial charge is 0.252 e. The summed E-state index contributed by atoms with van der Waals surface area (Å²) in [6.45, 7) is 4.14. The van der Waals surface area contributed by atoms with Gasteiger partial charge in [-0.1, -0.05) is 0 Å². The zero-order valence-corrected chi connectivity index (χ0v) is 12.3. The zero-order chi connectivity index (χ0) is 14.4. The minimum absolute atomic E-state index is 0.346. The van der Waals surface area contributed by atoms with Crippen molar-refractivity contribution in [1.29, 1.82) is 0 Å². The van der Waals surface area contributed by atoms with Gasteiger partial charge in [0.1, 0.15) is 5.82 Å². The van der Waals surface area contributed by atoms with E-state index in [4.69, 9.17) is 10.7 Å². The fraction of sp³-hybridized carbons (Fsp3) is 0.625. The highest BCUT2D eigenvalue weighted by molar-refractivity contribution is 5.98. The van der Waals surface area contributed by atoms with Gasteiger partial charge in [0.05, 0.1) is 5.56 Å². The monoisotopic (exact) mass is 286 g/mol. The molecule has 4 rings (SSSR count). The Morgan fingerprint density at radius 3 is 2.67 bits per heavy atom. The van der Waals surface area contributed by atoms with E-state index in [0.29, 0.717) is 17.4 Å². The molecule has 2 atom stereocenters. The molecule has 0 aromatic carbocycles. The number of pyridine rings is 1. The van der Waals surface area contributed by atoms with Gasteiger partial charge in [-0.05, 0) is 49.1 Å². The van der Waals surface area contributed by atoms with Crippen LogP contribution in [-0.4, -0.2) is 37.1 Å². The number of nitrogens with two attached hydrogens (primary N) is 1. The molecule has 2 saturated heterocycles. The fourth-order valence-corrected chi connectivity index (χ4v) is 4.07. The van der Waals surface area contributed by atoms with Crippen molar-refractivity contribution in [3.8, 4) is 0 Å². The molecule has 3 aliphatic rings. The number of hydrogen-bond donors (Lipinski definition) is 2. The molecule has 2 aliphatic heterocycles. The number of rotatable bonds is 2. The highest BCUT2D eigenvalue weighted by Crippen LogP contribution is 2.33. The maximum Gasteiger partial charge on any atom is 0.252 e. The average Bonchev–Trinajstić information content (AvgIpc) is 3.07. The van der Waals surface area contributed by atoms with Crippen LogP contribution in [0.25, 0.3) is 0 Å². The van der Waals surface area contributed by atoms with Gasteiger partial charge in [-0.2, -0.15) is 0 Å². The summed E-state index contributed by atoms with van der Waals surface area (Å²) in [4.78, 5) is 19.0. The van der Waals surface area contributed by atoms with E-state index < -0.39 is 0 Å². The molecule has 0 bridgehead atoms. The van der Waals surface area contributed by atoms with Crippen molar-refractivity contribution in [3.63, 3.8) is 0 Å². The SMILES string of the molecule is NC(=O)c1cc2c(nc1N1C[C@H]3CNC[C@H]3C1)CCCC2. The first kappa shape index (κ1) is 13.1. The van der Waals surface area contributed by atoms with E-state index in [9.17, 15) is 4.79 Å². The van der Waals surface area contributed by atoms with Gasteiger partial charge < -0.3 is 16.0 Å². The van der Waals surface area contributed by atoms with Crippen LogP contribution in [0.2, 0.25) is 0 Å². The van der Waals surface area contributed by atoms with Crippen LogP contribution in [0.1, 0.15) is 34.5 Å². The predicted molar refractivity (Wildman–Crippen MR) is 81.5 cm³/mol. The highest BCUT2D eigenvalue weighted by Gasteiger charge is 2.38. The van der Waals surface area contributed by atoms with Gasteiger partial charge in [-0.25, -0.2) is 4.98 Å². The van der Waals surface area contributed by atoms with E-state index in [2.05, 4.69) is 10.2 Å². The van der Waals surface area contributed by atoms with E-state index in [1.165, 1.54) is 24.1 Å². The van der Waals surface area contributed by atoms with E-state index >= 15 is 0 Å². The van der Waals surface area contributed by atoms with E-state index in [-0.39, 0.29) is 5.91 Å². The molecule has 112 valence electrons. The largest absolute Gasteiger partial charge is 0.365 e. The molecular formula is C16H22N4O. The van der Waals surface area contributed by atoms with Crippen LogP contribution < -0.4 is 16.0 Å². The molecule has 3 heterocycles. The molecule has 0 saturated carbocycles. The minimum atomic E-state index is -0.346. The average molecular weight is 286 g/mol. The molecular weight excluding hydrogens is 264 g/mol. The Balaban J connectivity index is 1.71. The summed E-state index contributed by atoms with van der Waals surface area (Å²) < 4.78 is 0. The first-order chi connectivity index (χ1) is 10.2. The van der Waals surface area contributed by atoms with Gasteiger partial charge in [-0.15, -0.1) is 0 Å². The van der Waals surface area contributed by atoms with Gasteiger partial charge in [0, 0.05) is 31.9 Å². The maximum atomic E-state index is 11.9.